The van der Waals surface area contributed by atoms with E-state index in [1.54, 1.807) is 18.3 Å². The van der Waals surface area contributed by atoms with E-state index in [0.717, 1.165) is 5.56 Å². The van der Waals surface area contributed by atoms with Gasteiger partial charge in [-0.2, -0.15) is 0 Å². The summed E-state index contributed by atoms with van der Waals surface area (Å²) in [5.74, 6) is 0.503. The smallest absolute Gasteiger partial charge is 0.310 e. The number of nitrogens with one attached hydrogen (secondary N) is 1. The maximum atomic E-state index is 10.8. The van der Waals surface area contributed by atoms with Crippen LogP contribution < -0.4 is 10.1 Å². The SMILES string of the molecule is COc1cc(CNc2ccncc2[N+](=O)[O-])ccn1. The average molecular weight is 260 g/mol. The zero-order valence-corrected chi connectivity index (χ0v) is 10.2. The lowest BCUT2D eigenvalue weighted by Gasteiger charge is -2.07. The van der Waals surface area contributed by atoms with Crippen molar-refractivity contribution < 1.29 is 9.66 Å². The van der Waals surface area contributed by atoms with E-state index in [2.05, 4.69) is 15.3 Å². The quantitative estimate of drug-likeness (QED) is 0.653. The molecule has 19 heavy (non-hydrogen) atoms. The van der Waals surface area contributed by atoms with E-state index in [-0.39, 0.29) is 5.69 Å². The molecule has 0 bridgehead atoms. The minimum absolute atomic E-state index is 0.0523. The Hall–Kier alpha value is -2.70. The molecule has 0 radical (unpaired) electrons. The predicted molar refractivity (Wildman–Crippen MR) is 69.0 cm³/mol. The fourth-order valence-electron chi connectivity index (χ4n) is 1.55. The Bertz CT molecular complexity index is 589. The number of rotatable bonds is 5. The Morgan fingerprint density at radius 1 is 1.42 bits per heavy atom. The van der Waals surface area contributed by atoms with E-state index in [9.17, 15) is 10.1 Å². The first-order valence-electron chi connectivity index (χ1n) is 5.52. The van der Waals surface area contributed by atoms with E-state index < -0.39 is 4.92 Å². The summed E-state index contributed by atoms with van der Waals surface area (Å²) in [5.41, 5.74) is 1.29. The molecular formula is C12H12N4O3. The van der Waals surface area contributed by atoms with Gasteiger partial charge in [-0.15, -0.1) is 0 Å². The molecule has 98 valence electrons. The molecule has 1 N–H and O–H groups in total. The minimum atomic E-state index is -0.470. The Morgan fingerprint density at radius 2 is 2.26 bits per heavy atom. The highest BCUT2D eigenvalue weighted by Crippen LogP contribution is 2.22. The van der Waals surface area contributed by atoms with Gasteiger partial charge in [-0.25, -0.2) is 4.98 Å². The van der Waals surface area contributed by atoms with Gasteiger partial charge in [0, 0.05) is 25.0 Å². The molecule has 2 heterocycles. The third-order valence-corrected chi connectivity index (χ3v) is 2.49. The summed E-state index contributed by atoms with van der Waals surface area (Å²) in [4.78, 5) is 18.1. The molecule has 2 aromatic rings. The Morgan fingerprint density at radius 3 is 3.00 bits per heavy atom. The van der Waals surface area contributed by atoms with E-state index in [0.29, 0.717) is 18.1 Å². The lowest BCUT2D eigenvalue weighted by atomic mass is 10.2. The van der Waals surface area contributed by atoms with Crippen molar-refractivity contribution >= 4 is 11.4 Å². The summed E-state index contributed by atoms with van der Waals surface area (Å²) in [6.07, 6.45) is 4.34. The van der Waals surface area contributed by atoms with Gasteiger partial charge < -0.3 is 10.1 Å². The maximum Gasteiger partial charge on any atom is 0.310 e. The highest BCUT2D eigenvalue weighted by Gasteiger charge is 2.12. The maximum absolute atomic E-state index is 10.8. The number of hydrogen-bond donors (Lipinski definition) is 1. The van der Waals surface area contributed by atoms with Crippen molar-refractivity contribution in [1.82, 2.24) is 9.97 Å². The molecule has 2 aromatic heterocycles. The number of methoxy groups -OCH3 is 1. The van der Waals surface area contributed by atoms with Crippen LogP contribution in [0, 0.1) is 10.1 Å². The molecular weight excluding hydrogens is 248 g/mol. The van der Waals surface area contributed by atoms with Gasteiger partial charge in [0.2, 0.25) is 5.88 Å². The highest BCUT2D eigenvalue weighted by atomic mass is 16.6. The second-order valence-corrected chi connectivity index (χ2v) is 3.71. The van der Waals surface area contributed by atoms with E-state index in [4.69, 9.17) is 4.74 Å². The molecule has 0 fully saturated rings. The van der Waals surface area contributed by atoms with E-state index >= 15 is 0 Å². The molecule has 0 saturated heterocycles. The van der Waals surface area contributed by atoms with Crippen LogP contribution in [0.25, 0.3) is 0 Å². The first-order valence-corrected chi connectivity index (χ1v) is 5.52. The third-order valence-electron chi connectivity index (χ3n) is 2.49. The molecule has 0 unspecified atom stereocenters. The van der Waals surface area contributed by atoms with Crippen LogP contribution in [0.5, 0.6) is 5.88 Å². The van der Waals surface area contributed by atoms with Crippen LogP contribution in [0.2, 0.25) is 0 Å². The first kappa shape index (κ1) is 12.7. The summed E-state index contributed by atoms with van der Waals surface area (Å²) < 4.78 is 5.01. The fourth-order valence-corrected chi connectivity index (χ4v) is 1.55. The van der Waals surface area contributed by atoms with Crippen LogP contribution >= 0.6 is 0 Å². The van der Waals surface area contributed by atoms with Crippen LogP contribution in [0.1, 0.15) is 5.56 Å². The molecule has 0 aliphatic carbocycles. The second-order valence-electron chi connectivity index (χ2n) is 3.71. The Kier molecular flexibility index (Phi) is 3.87. The molecule has 0 atom stereocenters. The standard InChI is InChI=1S/C12H12N4O3/c1-19-12-6-9(2-5-14-12)7-15-10-3-4-13-8-11(10)16(17)18/h2-6,8H,7H2,1H3,(H,13,15). The molecule has 0 amide bonds. The number of anilines is 1. The van der Waals surface area contributed by atoms with Crippen molar-refractivity contribution in [2.24, 2.45) is 0 Å². The van der Waals surface area contributed by atoms with Gasteiger partial charge in [-0.05, 0) is 17.7 Å². The number of pyridine rings is 2. The van der Waals surface area contributed by atoms with Crippen molar-refractivity contribution in [1.29, 1.82) is 0 Å². The number of nitrogens with zero attached hydrogens (tertiary/aromatic N) is 3. The van der Waals surface area contributed by atoms with Gasteiger partial charge in [0.05, 0.1) is 12.0 Å². The van der Waals surface area contributed by atoms with Crippen molar-refractivity contribution in [2.45, 2.75) is 6.54 Å². The molecule has 0 aliphatic rings. The molecule has 7 heteroatoms. The van der Waals surface area contributed by atoms with Crippen molar-refractivity contribution in [2.75, 3.05) is 12.4 Å². The summed E-state index contributed by atoms with van der Waals surface area (Å²) in [7, 11) is 1.53. The van der Waals surface area contributed by atoms with Gasteiger partial charge in [0.15, 0.2) is 0 Å². The van der Waals surface area contributed by atoms with Gasteiger partial charge in [-0.3, -0.25) is 15.1 Å². The Balaban J connectivity index is 2.12. The topological polar surface area (TPSA) is 90.2 Å². The number of ether oxygens (including phenoxy) is 1. The van der Waals surface area contributed by atoms with Crippen LogP contribution in [-0.2, 0) is 6.54 Å². The van der Waals surface area contributed by atoms with E-state index in [1.165, 1.54) is 19.5 Å². The predicted octanol–water partition coefficient (Wildman–Crippen LogP) is 2.01. The zero-order valence-electron chi connectivity index (χ0n) is 10.2. The van der Waals surface area contributed by atoms with Crippen LogP contribution in [0.15, 0.2) is 36.8 Å². The van der Waals surface area contributed by atoms with Gasteiger partial charge in [0.1, 0.15) is 11.9 Å². The number of aromatic nitrogens is 2. The number of hydrogen-bond acceptors (Lipinski definition) is 6. The molecule has 0 spiro atoms. The van der Waals surface area contributed by atoms with Crippen molar-refractivity contribution in [3.05, 3.63) is 52.5 Å². The summed E-state index contributed by atoms with van der Waals surface area (Å²) in [6, 6.07) is 5.14. The first-order chi connectivity index (χ1) is 9.20. The second kappa shape index (κ2) is 5.76. The third kappa shape index (κ3) is 3.15. The monoisotopic (exact) mass is 260 g/mol. The fraction of sp³-hybridized carbons (Fsp3) is 0.167. The van der Waals surface area contributed by atoms with Crippen molar-refractivity contribution in [3.8, 4) is 5.88 Å². The van der Waals surface area contributed by atoms with Gasteiger partial charge in [-0.1, -0.05) is 0 Å². The summed E-state index contributed by atoms with van der Waals surface area (Å²) in [6.45, 7) is 0.434. The summed E-state index contributed by atoms with van der Waals surface area (Å²) >= 11 is 0. The molecule has 7 nitrogen and oxygen atoms in total. The normalized spacial score (nSPS) is 9.95. The zero-order chi connectivity index (χ0) is 13.7. The minimum Gasteiger partial charge on any atom is -0.481 e. The molecule has 0 aromatic carbocycles. The largest absolute Gasteiger partial charge is 0.481 e. The lowest BCUT2D eigenvalue weighted by molar-refractivity contribution is -0.384. The van der Waals surface area contributed by atoms with Crippen molar-refractivity contribution in [3.63, 3.8) is 0 Å². The molecule has 0 saturated carbocycles. The summed E-state index contributed by atoms with van der Waals surface area (Å²) in [5, 5.41) is 13.8. The molecule has 2 rings (SSSR count). The van der Waals surface area contributed by atoms with Gasteiger partial charge >= 0.3 is 5.69 Å². The Labute approximate surface area is 109 Å². The molecule has 0 aliphatic heterocycles. The van der Waals surface area contributed by atoms with Gasteiger partial charge in [0.25, 0.3) is 0 Å². The average Bonchev–Trinajstić information content (AvgIpc) is 2.45. The van der Waals surface area contributed by atoms with E-state index in [1.807, 2.05) is 6.07 Å². The van der Waals surface area contributed by atoms with Crippen LogP contribution in [0.4, 0.5) is 11.4 Å². The lowest BCUT2D eigenvalue weighted by Crippen LogP contribution is -2.03. The van der Waals surface area contributed by atoms with Crippen LogP contribution in [-0.4, -0.2) is 22.0 Å². The number of nitro groups is 1. The van der Waals surface area contributed by atoms with Crippen LogP contribution in [0.3, 0.4) is 0 Å². The highest BCUT2D eigenvalue weighted by molar-refractivity contribution is 5.59.